The number of nitrogens with zero attached hydrogens (tertiary/aromatic N) is 1. The molecule has 1 rings (SSSR count). The summed E-state index contributed by atoms with van der Waals surface area (Å²) < 4.78 is 6.95. The van der Waals surface area contributed by atoms with Crippen molar-refractivity contribution >= 4 is 0 Å². The second-order valence-electron chi connectivity index (χ2n) is 6.68. The first-order valence-corrected chi connectivity index (χ1v) is 9.26. The summed E-state index contributed by atoms with van der Waals surface area (Å²) in [6.45, 7) is 11.9. The monoisotopic (exact) mass is 284 g/mol. The van der Waals surface area contributed by atoms with Crippen LogP contribution in [0, 0.1) is 0 Å². The van der Waals surface area contributed by atoms with Crippen LogP contribution in [0.15, 0.2) is 0 Å². The number of unbranched alkanes of at least 4 members (excludes halogenated alkanes) is 8. The first-order valence-electron chi connectivity index (χ1n) is 9.26. The van der Waals surface area contributed by atoms with E-state index in [1.807, 2.05) is 0 Å². The molecule has 1 fully saturated rings. The highest BCUT2D eigenvalue weighted by atomic mass is 16.5. The van der Waals surface area contributed by atoms with E-state index in [9.17, 15) is 0 Å². The number of rotatable bonds is 12. The molecule has 1 heterocycles. The fourth-order valence-electron chi connectivity index (χ4n) is 3.39. The predicted molar refractivity (Wildman–Crippen MR) is 88.1 cm³/mol. The van der Waals surface area contributed by atoms with Crippen molar-refractivity contribution in [3.63, 3.8) is 0 Å². The van der Waals surface area contributed by atoms with E-state index in [4.69, 9.17) is 4.74 Å². The molecule has 20 heavy (non-hydrogen) atoms. The molecule has 0 spiro atoms. The first kappa shape index (κ1) is 18.0. The van der Waals surface area contributed by atoms with Gasteiger partial charge >= 0.3 is 0 Å². The maximum Gasteiger partial charge on any atom is 0.102 e. The van der Waals surface area contributed by atoms with Crippen molar-refractivity contribution in [2.75, 3.05) is 39.4 Å². The van der Waals surface area contributed by atoms with Crippen molar-refractivity contribution < 1.29 is 9.22 Å². The van der Waals surface area contributed by atoms with Gasteiger partial charge in [-0.3, -0.25) is 0 Å². The minimum atomic E-state index is 0.990. The minimum absolute atomic E-state index is 0.990. The topological polar surface area (TPSA) is 9.23 Å². The second kappa shape index (κ2) is 11.6. The number of quaternary nitrogens is 1. The van der Waals surface area contributed by atoms with Crippen LogP contribution in [0.1, 0.15) is 78.1 Å². The molecule has 1 saturated heterocycles. The Morgan fingerprint density at radius 3 is 1.65 bits per heavy atom. The number of hydrogen-bond acceptors (Lipinski definition) is 1. The van der Waals surface area contributed by atoms with Gasteiger partial charge in [-0.15, -0.1) is 0 Å². The molecule has 0 aromatic heterocycles. The fourth-order valence-corrected chi connectivity index (χ4v) is 3.39. The standard InChI is InChI=1S/C18H38NO/c1-3-5-7-9-10-12-14-19(13-11-8-6-4-2)15-17-20-18-16-19/h3-18H2,1-2H3/q+1. The van der Waals surface area contributed by atoms with E-state index in [2.05, 4.69) is 13.8 Å². The van der Waals surface area contributed by atoms with Crippen LogP contribution in [0.25, 0.3) is 0 Å². The SMILES string of the molecule is CCCCCCCC[N+]1(CCCCCC)CCOCC1. The largest absolute Gasteiger partial charge is 0.370 e. The molecular formula is C18H38NO+. The van der Waals surface area contributed by atoms with Crippen molar-refractivity contribution in [3.8, 4) is 0 Å². The van der Waals surface area contributed by atoms with E-state index in [0.29, 0.717) is 0 Å². The Hall–Kier alpha value is -0.0800. The molecule has 0 unspecified atom stereocenters. The zero-order valence-electron chi connectivity index (χ0n) is 14.2. The Bertz CT molecular complexity index is 211. The molecule has 0 saturated carbocycles. The van der Waals surface area contributed by atoms with Crippen LogP contribution in [-0.4, -0.2) is 43.9 Å². The summed E-state index contributed by atoms with van der Waals surface area (Å²) in [7, 11) is 0. The second-order valence-corrected chi connectivity index (χ2v) is 6.68. The molecule has 0 N–H and O–H groups in total. The van der Waals surface area contributed by atoms with E-state index in [1.165, 1.54) is 94.9 Å². The summed E-state index contributed by atoms with van der Waals surface area (Å²) in [5.74, 6) is 0. The molecule has 0 aliphatic carbocycles. The van der Waals surface area contributed by atoms with Crippen LogP contribution in [0.4, 0.5) is 0 Å². The number of hydrogen-bond donors (Lipinski definition) is 0. The fraction of sp³-hybridized carbons (Fsp3) is 1.00. The third kappa shape index (κ3) is 7.64. The molecule has 0 aromatic rings. The summed E-state index contributed by atoms with van der Waals surface area (Å²) in [4.78, 5) is 0. The molecule has 1 aliphatic heterocycles. The van der Waals surface area contributed by atoms with Gasteiger partial charge in [0.15, 0.2) is 0 Å². The average molecular weight is 285 g/mol. The van der Waals surface area contributed by atoms with Crippen LogP contribution >= 0.6 is 0 Å². The highest BCUT2D eigenvalue weighted by molar-refractivity contribution is 4.54. The summed E-state index contributed by atoms with van der Waals surface area (Å²) in [5, 5.41) is 0. The van der Waals surface area contributed by atoms with Crippen molar-refractivity contribution in [3.05, 3.63) is 0 Å². The Morgan fingerprint density at radius 2 is 1.10 bits per heavy atom. The molecule has 0 atom stereocenters. The molecule has 2 heteroatoms. The molecule has 0 aromatic carbocycles. The van der Waals surface area contributed by atoms with Crippen molar-refractivity contribution in [1.29, 1.82) is 0 Å². The quantitative estimate of drug-likeness (QED) is 0.370. The molecule has 0 bridgehead atoms. The molecule has 0 amide bonds. The summed E-state index contributed by atoms with van der Waals surface area (Å²) in [6.07, 6.45) is 14.1. The van der Waals surface area contributed by atoms with Gasteiger partial charge in [0, 0.05) is 0 Å². The van der Waals surface area contributed by atoms with E-state index in [0.717, 1.165) is 13.2 Å². The van der Waals surface area contributed by atoms with Gasteiger partial charge in [0.05, 0.1) is 26.3 Å². The van der Waals surface area contributed by atoms with Gasteiger partial charge < -0.3 is 9.22 Å². The summed E-state index contributed by atoms with van der Waals surface area (Å²) >= 11 is 0. The zero-order valence-corrected chi connectivity index (χ0v) is 14.2. The molecular weight excluding hydrogens is 246 g/mol. The minimum Gasteiger partial charge on any atom is -0.370 e. The average Bonchev–Trinajstić information content (AvgIpc) is 2.48. The summed E-state index contributed by atoms with van der Waals surface area (Å²) in [5.41, 5.74) is 0. The molecule has 2 nitrogen and oxygen atoms in total. The smallest absolute Gasteiger partial charge is 0.102 e. The molecule has 120 valence electrons. The maximum atomic E-state index is 5.60. The third-order valence-electron chi connectivity index (χ3n) is 4.89. The van der Waals surface area contributed by atoms with Crippen molar-refractivity contribution in [2.45, 2.75) is 78.1 Å². The highest BCUT2D eigenvalue weighted by Crippen LogP contribution is 2.17. The van der Waals surface area contributed by atoms with E-state index in [1.54, 1.807) is 0 Å². The van der Waals surface area contributed by atoms with Gasteiger partial charge in [0.1, 0.15) is 13.1 Å². The van der Waals surface area contributed by atoms with Crippen LogP contribution in [0.2, 0.25) is 0 Å². The van der Waals surface area contributed by atoms with E-state index < -0.39 is 0 Å². The van der Waals surface area contributed by atoms with Crippen molar-refractivity contribution in [2.24, 2.45) is 0 Å². The number of morpholine rings is 1. The van der Waals surface area contributed by atoms with Gasteiger partial charge in [0.2, 0.25) is 0 Å². The lowest BCUT2D eigenvalue weighted by Crippen LogP contribution is -2.56. The van der Waals surface area contributed by atoms with Gasteiger partial charge in [0.25, 0.3) is 0 Å². The Morgan fingerprint density at radius 1 is 0.650 bits per heavy atom. The van der Waals surface area contributed by atoms with Gasteiger partial charge in [-0.1, -0.05) is 52.4 Å². The summed E-state index contributed by atoms with van der Waals surface area (Å²) in [6, 6.07) is 0. The van der Waals surface area contributed by atoms with Crippen LogP contribution < -0.4 is 0 Å². The van der Waals surface area contributed by atoms with Crippen LogP contribution in [0.3, 0.4) is 0 Å². The van der Waals surface area contributed by atoms with Gasteiger partial charge in [-0.25, -0.2) is 0 Å². The highest BCUT2D eigenvalue weighted by Gasteiger charge is 2.29. The van der Waals surface area contributed by atoms with E-state index in [-0.39, 0.29) is 0 Å². The molecule has 0 radical (unpaired) electrons. The van der Waals surface area contributed by atoms with Gasteiger partial charge in [-0.05, 0) is 25.7 Å². The maximum absolute atomic E-state index is 5.60. The van der Waals surface area contributed by atoms with E-state index >= 15 is 0 Å². The van der Waals surface area contributed by atoms with Crippen LogP contribution in [0.5, 0.6) is 0 Å². The normalized spacial score (nSPS) is 18.3. The first-order chi connectivity index (χ1) is 9.83. The lowest BCUT2D eigenvalue weighted by atomic mass is 10.1. The molecule has 1 aliphatic rings. The predicted octanol–water partition coefficient (Wildman–Crippen LogP) is 4.77. The van der Waals surface area contributed by atoms with Crippen molar-refractivity contribution in [1.82, 2.24) is 0 Å². The van der Waals surface area contributed by atoms with Gasteiger partial charge in [-0.2, -0.15) is 0 Å². The Balaban J connectivity index is 2.20. The Labute approximate surface area is 127 Å². The lowest BCUT2D eigenvalue weighted by molar-refractivity contribution is -0.935. The Kier molecular flexibility index (Phi) is 10.4. The zero-order chi connectivity index (χ0) is 14.5. The lowest BCUT2D eigenvalue weighted by Gasteiger charge is -2.41. The number of ether oxygens (including phenoxy) is 1. The third-order valence-corrected chi connectivity index (χ3v) is 4.89. The van der Waals surface area contributed by atoms with Crippen LogP contribution in [-0.2, 0) is 4.74 Å².